The van der Waals surface area contributed by atoms with Crippen LogP contribution in [0.5, 0.6) is 0 Å². The first-order valence-electron chi connectivity index (χ1n) is 9.43. The van der Waals surface area contributed by atoms with E-state index in [0.29, 0.717) is 11.6 Å². The van der Waals surface area contributed by atoms with Gasteiger partial charge in [-0.3, -0.25) is 4.79 Å². The second-order valence-corrected chi connectivity index (χ2v) is 7.32. The number of amides is 1. The van der Waals surface area contributed by atoms with Crippen molar-refractivity contribution >= 4 is 23.3 Å². The Kier molecular flexibility index (Phi) is 5.58. The molecule has 144 valence electrons. The van der Waals surface area contributed by atoms with Gasteiger partial charge in [0.2, 0.25) is 5.91 Å². The molecule has 1 aliphatic rings. The third-order valence-corrected chi connectivity index (χ3v) is 5.12. The van der Waals surface area contributed by atoms with Crippen LogP contribution in [0.25, 0.3) is 11.4 Å². The van der Waals surface area contributed by atoms with Crippen molar-refractivity contribution < 1.29 is 4.79 Å². The maximum absolute atomic E-state index is 12.4. The van der Waals surface area contributed by atoms with Crippen molar-refractivity contribution in [1.82, 2.24) is 19.9 Å². The molecule has 2 aromatic heterocycles. The van der Waals surface area contributed by atoms with Crippen LogP contribution in [0, 0.1) is 0 Å². The van der Waals surface area contributed by atoms with Gasteiger partial charge in [-0.2, -0.15) is 0 Å². The number of carbonyl (C=O) groups is 1. The van der Waals surface area contributed by atoms with E-state index in [0.717, 1.165) is 35.9 Å². The van der Waals surface area contributed by atoms with Gasteiger partial charge in [-0.25, -0.2) is 9.97 Å². The molecule has 0 saturated carbocycles. The van der Waals surface area contributed by atoms with Gasteiger partial charge in [-0.15, -0.1) is 0 Å². The van der Waals surface area contributed by atoms with E-state index in [1.54, 1.807) is 6.20 Å². The Morgan fingerprint density at radius 2 is 1.86 bits per heavy atom. The van der Waals surface area contributed by atoms with Gasteiger partial charge in [-0.1, -0.05) is 23.7 Å². The van der Waals surface area contributed by atoms with Crippen molar-refractivity contribution in [1.29, 1.82) is 0 Å². The molecule has 1 amide bonds. The van der Waals surface area contributed by atoms with Gasteiger partial charge in [0.25, 0.3) is 0 Å². The van der Waals surface area contributed by atoms with Crippen LogP contribution in [0.1, 0.15) is 18.4 Å². The van der Waals surface area contributed by atoms with E-state index in [9.17, 15) is 4.79 Å². The number of imidazole rings is 1. The molecule has 3 heterocycles. The fourth-order valence-electron chi connectivity index (χ4n) is 3.39. The highest BCUT2D eigenvalue weighted by Crippen LogP contribution is 2.24. The topological polar surface area (TPSA) is 63.1 Å². The van der Waals surface area contributed by atoms with Crippen molar-refractivity contribution in [3.63, 3.8) is 0 Å². The SMILES string of the molecule is O=C(Cn1ccnc1-c1ccnc(N2CCCC2)c1)NCc1ccc(Cl)cc1. The van der Waals surface area contributed by atoms with E-state index >= 15 is 0 Å². The zero-order chi connectivity index (χ0) is 19.3. The van der Waals surface area contributed by atoms with Crippen molar-refractivity contribution in [3.05, 3.63) is 65.6 Å². The minimum atomic E-state index is -0.0666. The van der Waals surface area contributed by atoms with Gasteiger partial charge >= 0.3 is 0 Å². The summed E-state index contributed by atoms with van der Waals surface area (Å²) in [5.41, 5.74) is 1.97. The average Bonchev–Trinajstić information content (AvgIpc) is 3.40. The first kappa shape index (κ1) is 18.5. The molecule has 0 spiro atoms. The molecular weight excluding hydrogens is 374 g/mol. The van der Waals surface area contributed by atoms with Crippen LogP contribution in [0.15, 0.2) is 55.0 Å². The van der Waals surface area contributed by atoms with Gasteiger partial charge < -0.3 is 14.8 Å². The number of halogens is 1. The Morgan fingerprint density at radius 1 is 1.07 bits per heavy atom. The molecule has 7 heteroatoms. The number of aromatic nitrogens is 3. The Balaban J connectivity index is 1.43. The summed E-state index contributed by atoms with van der Waals surface area (Å²) >= 11 is 5.89. The maximum Gasteiger partial charge on any atom is 0.240 e. The summed E-state index contributed by atoms with van der Waals surface area (Å²) in [6, 6.07) is 11.4. The highest BCUT2D eigenvalue weighted by Gasteiger charge is 2.16. The van der Waals surface area contributed by atoms with Gasteiger partial charge in [0, 0.05) is 48.8 Å². The van der Waals surface area contributed by atoms with Gasteiger partial charge in [0.05, 0.1) is 0 Å². The normalized spacial score (nSPS) is 13.7. The monoisotopic (exact) mass is 395 g/mol. The van der Waals surface area contributed by atoms with E-state index in [1.165, 1.54) is 12.8 Å². The lowest BCUT2D eigenvalue weighted by atomic mass is 10.2. The Labute approximate surface area is 169 Å². The number of nitrogens with zero attached hydrogens (tertiary/aromatic N) is 4. The predicted octanol–water partition coefficient (Wildman–Crippen LogP) is 3.52. The minimum absolute atomic E-state index is 0.0666. The number of rotatable bonds is 6. The highest BCUT2D eigenvalue weighted by molar-refractivity contribution is 6.30. The lowest BCUT2D eigenvalue weighted by molar-refractivity contribution is -0.121. The van der Waals surface area contributed by atoms with E-state index in [2.05, 4.69) is 26.3 Å². The standard InChI is InChI=1S/C21H22ClN5O/c22-18-5-3-16(4-6-18)14-25-20(28)15-27-12-9-24-21(27)17-7-8-23-19(13-17)26-10-1-2-11-26/h3-9,12-13H,1-2,10-11,14-15H2,(H,25,28). The molecule has 1 aromatic carbocycles. The fourth-order valence-corrected chi connectivity index (χ4v) is 3.51. The summed E-state index contributed by atoms with van der Waals surface area (Å²) in [4.78, 5) is 23.6. The highest BCUT2D eigenvalue weighted by atomic mass is 35.5. The van der Waals surface area contributed by atoms with Crippen LogP contribution >= 0.6 is 11.6 Å². The van der Waals surface area contributed by atoms with E-state index in [-0.39, 0.29) is 12.5 Å². The van der Waals surface area contributed by atoms with E-state index < -0.39 is 0 Å². The average molecular weight is 396 g/mol. The summed E-state index contributed by atoms with van der Waals surface area (Å²) in [7, 11) is 0. The molecule has 1 N–H and O–H groups in total. The van der Waals surface area contributed by atoms with E-state index in [1.807, 2.05) is 47.3 Å². The zero-order valence-electron chi connectivity index (χ0n) is 15.5. The van der Waals surface area contributed by atoms with Crippen molar-refractivity contribution in [3.8, 4) is 11.4 Å². The molecule has 4 rings (SSSR count). The number of benzene rings is 1. The van der Waals surface area contributed by atoms with Gasteiger partial charge in [-0.05, 0) is 42.7 Å². The largest absolute Gasteiger partial charge is 0.357 e. The number of pyridine rings is 1. The summed E-state index contributed by atoms with van der Waals surface area (Å²) in [6.45, 7) is 2.76. The number of hydrogen-bond acceptors (Lipinski definition) is 4. The van der Waals surface area contributed by atoms with Crippen LogP contribution in [-0.4, -0.2) is 33.5 Å². The summed E-state index contributed by atoms with van der Waals surface area (Å²) in [5, 5.41) is 3.62. The lowest BCUT2D eigenvalue weighted by Gasteiger charge is -2.17. The number of hydrogen-bond donors (Lipinski definition) is 1. The van der Waals surface area contributed by atoms with Crippen molar-refractivity contribution in [2.45, 2.75) is 25.9 Å². The smallest absolute Gasteiger partial charge is 0.240 e. The molecule has 0 atom stereocenters. The summed E-state index contributed by atoms with van der Waals surface area (Å²) < 4.78 is 1.86. The third-order valence-electron chi connectivity index (χ3n) is 4.87. The molecule has 0 aliphatic carbocycles. The number of nitrogens with one attached hydrogen (secondary N) is 1. The van der Waals surface area contributed by atoms with Crippen LogP contribution in [0.3, 0.4) is 0 Å². The first-order valence-corrected chi connectivity index (χ1v) is 9.80. The second kappa shape index (κ2) is 8.44. The van der Waals surface area contributed by atoms with Gasteiger partial charge in [0.15, 0.2) is 0 Å². The molecule has 1 aliphatic heterocycles. The van der Waals surface area contributed by atoms with Crippen LogP contribution in [-0.2, 0) is 17.9 Å². The number of carbonyl (C=O) groups excluding carboxylic acids is 1. The Hall–Kier alpha value is -2.86. The fraction of sp³-hybridized carbons (Fsp3) is 0.286. The Morgan fingerprint density at radius 3 is 2.64 bits per heavy atom. The summed E-state index contributed by atoms with van der Waals surface area (Å²) in [6.07, 6.45) is 7.76. The predicted molar refractivity (Wildman–Crippen MR) is 110 cm³/mol. The molecule has 1 saturated heterocycles. The molecule has 0 bridgehead atoms. The maximum atomic E-state index is 12.4. The minimum Gasteiger partial charge on any atom is -0.357 e. The molecular formula is C21H22ClN5O. The van der Waals surface area contributed by atoms with Crippen LogP contribution < -0.4 is 10.2 Å². The van der Waals surface area contributed by atoms with Crippen LogP contribution in [0.4, 0.5) is 5.82 Å². The van der Waals surface area contributed by atoms with Crippen molar-refractivity contribution in [2.24, 2.45) is 0 Å². The molecule has 0 radical (unpaired) electrons. The molecule has 1 fully saturated rings. The molecule has 6 nitrogen and oxygen atoms in total. The lowest BCUT2D eigenvalue weighted by Crippen LogP contribution is -2.27. The quantitative estimate of drug-likeness (QED) is 0.693. The second-order valence-electron chi connectivity index (χ2n) is 6.88. The number of anilines is 1. The molecule has 0 unspecified atom stereocenters. The zero-order valence-corrected chi connectivity index (χ0v) is 16.3. The van der Waals surface area contributed by atoms with Gasteiger partial charge in [0.1, 0.15) is 18.2 Å². The third kappa shape index (κ3) is 4.34. The first-order chi connectivity index (χ1) is 13.7. The summed E-state index contributed by atoms with van der Waals surface area (Å²) in [5.74, 6) is 1.67. The van der Waals surface area contributed by atoms with Crippen LogP contribution in [0.2, 0.25) is 5.02 Å². The molecule has 28 heavy (non-hydrogen) atoms. The van der Waals surface area contributed by atoms with Crippen molar-refractivity contribution in [2.75, 3.05) is 18.0 Å². The van der Waals surface area contributed by atoms with E-state index in [4.69, 9.17) is 11.6 Å². The Bertz CT molecular complexity index is 947. The molecule has 3 aromatic rings.